The Balaban J connectivity index is 2.47. The fraction of sp³-hybridized carbons (Fsp3) is 0.700. The Labute approximate surface area is 93.6 Å². The lowest BCUT2D eigenvalue weighted by Gasteiger charge is -2.23. The number of aliphatic carboxylic acids is 1. The number of likely N-dealkylation sites (tertiary alicyclic amines) is 1. The van der Waals surface area contributed by atoms with Gasteiger partial charge >= 0.3 is 5.97 Å². The van der Waals surface area contributed by atoms with Crippen molar-refractivity contribution < 1.29 is 19.5 Å². The average Bonchev–Trinajstić information content (AvgIpc) is 2.50. The summed E-state index contributed by atoms with van der Waals surface area (Å²) in [5.41, 5.74) is -1.31. The number of nitrogens with one attached hydrogen (secondary N) is 1. The summed E-state index contributed by atoms with van der Waals surface area (Å²) in [5.74, 6) is -1.60. The molecular formula is C10H16N2O4. The smallest absolute Gasteiger partial charge is 0.328 e. The van der Waals surface area contributed by atoms with Crippen LogP contribution in [0.4, 0.5) is 0 Å². The zero-order valence-electron chi connectivity index (χ0n) is 9.45. The molecule has 6 nitrogen and oxygen atoms in total. The molecule has 1 saturated heterocycles. The molecule has 2 N–H and O–H groups in total. The number of carboxylic acids is 1. The summed E-state index contributed by atoms with van der Waals surface area (Å²) in [6, 6.07) is 0. The SMILES string of the molecule is CC(C)(NC(=O)CN1CCCC1=O)C(=O)O. The van der Waals surface area contributed by atoms with E-state index >= 15 is 0 Å². The number of carbonyl (C=O) groups excluding carboxylic acids is 2. The van der Waals surface area contributed by atoms with Crippen molar-refractivity contribution in [3.05, 3.63) is 0 Å². The first-order valence-electron chi connectivity index (χ1n) is 5.15. The van der Waals surface area contributed by atoms with Gasteiger partial charge in [0, 0.05) is 13.0 Å². The van der Waals surface area contributed by atoms with Gasteiger partial charge in [-0.3, -0.25) is 9.59 Å². The standard InChI is InChI=1S/C10H16N2O4/c1-10(2,9(15)16)11-7(13)6-12-5-3-4-8(12)14/h3-6H2,1-2H3,(H,11,13)(H,15,16). The van der Waals surface area contributed by atoms with Gasteiger partial charge in [0.05, 0.1) is 6.54 Å². The molecule has 0 unspecified atom stereocenters. The summed E-state index contributed by atoms with van der Waals surface area (Å²) in [5, 5.41) is 11.2. The summed E-state index contributed by atoms with van der Waals surface area (Å²) in [6.45, 7) is 3.31. The molecule has 0 spiro atoms. The molecule has 16 heavy (non-hydrogen) atoms. The minimum absolute atomic E-state index is 0.0525. The van der Waals surface area contributed by atoms with Crippen LogP contribution in [-0.4, -0.2) is 46.4 Å². The van der Waals surface area contributed by atoms with E-state index in [1.807, 2.05) is 0 Å². The zero-order chi connectivity index (χ0) is 12.3. The van der Waals surface area contributed by atoms with Crippen LogP contribution in [0.2, 0.25) is 0 Å². The largest absolute Gasteiger partial charge is 0.480 e. The monoisotopic (exact) mass is 228 g/mol. The number of carbonyl (C=O) groups is 3. The Morgan fingerprint density at radius 3 is 2.56 bits per heavy atom. The Morgan fingerprint density at radius 1 is 1.50 bits per heavy atom. The Kier molecular flexibility index (Phi) is 3.51. The molecule has 0 aromatic carbocycles. The number of rotatable bonds is 4. The van der Waals surface area contributed by atoms with E-state index in [-0.39, 0.29) is 12.5 Å². The summed E-state index contributed by atoms with van der Waals surface area (Å²) >= 11 is 0. The van der Waals surface area contributed by atoms with Crippen molar-refractivity contribution in [3.8, 4) is 0 Å². The molecule has 0 saturated carbocycles. The van der Waals surface area contributed by atoms with E-state index in [2.05, 4.69) is 5.32 Å². The van der Waals surface area contributed by atoms with Crippen molar-refractivity contribution in [2.75, 3.05) is 13.1 Å². The Hall–Kier alpha value is -1.59. The number of hydrogen-bond donors (Lipinski definition) is 2. The van der Waals surface area contributed by atoms with Crippen molar-refractivity contribution in [2.45, 2.75) is 32.2 Å². The van der Waals surface area contributed by atoms with Crippen molar-refractivity contribution in [3.63, 3.8) is 0 Å². The molecule has 1 rings (SSSR count). The predicted octanol–water partition coefficient (Wildman–Crippen LogP) is -0.412. The van der Waals surface area contributed by atoms with Gasteiger partial charge in [0.25, 0.3) is 0 Å². The molecule has 1 fully saturated rings. The average molecular weight is 228 g/mol. The number of carboxylic acid groups (broad SMARTS) is 1. The van der Waals surface area contributed by atoms with Crippen LogP contribution in [0.1, 0.15) is 26.7 Å². The van der Waals surface area contributed by atoms with Gasteiger partial charge in [0.15, 0.2) is 0 Å². The molecule has 0 bridgehead atoms. The van der Waals surface area contributed by atoms with Crippen molar-refractivity contribution in [1.82, 2.24) is 10.2 Å². The van der Waals surface area contributed by atoms with Crippen LogP contribution in [0.15, 0.2) is 0 Å². The van der Waals surface area contributed by atoms with Crippen LogP contribution in [-0.2, 0) is 14.4 Å². The van der Waals surface area contributed by atoms with Crippen LogP contribution < -0.4 is 5.32 Å². The molecule has 0 aliphatic carbocycles. The fourth-order valence-corrected chi connectivity index (χ4v) is 1.49. The molecule has 0 aromatic heterocycles. The van der Waals surface area contributed by atoms with Crippen LogP contribution in [0.5, 0.6) is 0 Å². The van der Waals surface area contributed by atoms with E-state index in [1.54, 1.807) is 0 Å². The predicted molar refractivity (Wildman–Crippen MR) is 55.7 cm³/mol. The van der Waals surface area contributed by atoms with Crippen LogP contribution in [0.25, 0.3) is 0 Å². The highest BCUT2D eigenvalue weighted by Crippen LogP contribution is 2.09. The lowest BCUT2D eigenvalue weighted by Crippen LogP contribution is -2.52. The minimum atomic E-state index is -1.31. The maximum absolute atomic E-state index is 11.5. The quantitative estimate of drug-likeness (QED) is 0.684. The molecule has 6 heteroatoms. The molecule has 1 heterocycles. The highest BCUT2D eigenvalue weighted by molar-refractivity contribution is 5.89. The van der Waals surface area contributed by atoms with Gasteiger partial charge < -0.3 is 15.3 Å². The second kappa shape index (κ2) is 4.51. The van der Waals surface area contributed by atoms with E-state index in [9.17, 15) is 14.4 Å². The Morgan fingerprint density at radius 2 is 2.12 bits per heavy atom. The van der Waals surface area contributed by atoms with Crippen molar-refractivity contribution in [1.29, 1.82) is 0 Å². The highest BCUT2D eigenvalue weighted by atomic mass is 16.4. The summed E-state index contributed by atoms with van der Waals surface area (Å²) in [4.78, 5) is 34.9. The lowest BCUT2D eigenvalue weighted by molar-refractivity contribution is -0.146. The van der Waals surface area contributed by atoms with Crippen molar-refractivity contribution in [2.24, 2.45) is 0 Å². The molecule has 1 aliphatic heterocycles. The van der Waals surface area contributed by atoms with E-state index in [1.165, 1.54) is 18.7 Å². The normalized spacial score (nSPS) is 16.4. The minimum Gasteiger partial charge on any atom is -0.480 e. The number of nitrogens with zero attached hydrogens (tertiary/aromatic N) is 1. The second-order valence-electron chi connectivity index (χ2n) is 4.40. The van der Waals surface area contributed by atoms with Crippen molar-refractivity contribution >= 4 is 17.8 Å². The molecule has 0 aromatic rings. The van der Waals surface area contributed by atoms with Gasteiger partial charge in [0.1, 0.15) is 5.54 Å². The van der Waals surface area contributed by atoms with E-state index in [4.69, 9.17) is 5.11 Å². The van der Waals surface area contributed by atoms with Gasteiger partial charge in [-0.05, 0) is 20.3 Å². The molecule has 1 aliphatic rings. The number of amides is 2. The summed E-state index contributed by atoms with van der Waals surface area (Å²) in [7, 11) is 0. The fourth-order valence-electron chi connectivity index (χ4n) is 1.49. The summed E-state index contributed by atoms with van der Waals surface area (Å²) in [6.07, 6.45) is 1.23. The second-order valence-corrected chi connectivity index (χ2v) is 4.40. The van der Waals surface area contributed by atoms with Crippen LogP contribution in [0, 0.1) is 0 Å². The van der Waals surface area contributed by atoms with Gasteiger partial charge in [-0.1, -0.05) is 0 Å². The third-order valence-corrected chi connectivity index (χ3v) is 2.49. The van der Waals surface area contributed by atoms with E-state index < -0.39 is 17.4 Å². The first kappa shape index (κ1) is 12.5. The highest BCUT2D eigenvalue weighted by Gasteiger charge is 2.30. The third-order valence-electron chi connectivity index (χ3n) is 2.49. The topological polar surface area (TPSA) is 86.7 Å². The summed E-state index contributed by atoms with van der Waals surface area (Å²) < 4.78 is 0. The maximum atomic E-state index is 11.5. The van der Waals surface area contributed by atoms with Gasteiger partial charge in [0.2, 0.25) is 11.8 Å². The first-order valence-corrected chi connectivity index (χ1v) is 5.15. The molecule has 0 radical (unpaired) electrons. The third kappa shape index (κ3) is 2.95. The van der Waals surface area contributed by atoms with Gasteiger partial charge in [-0.15, -0.1) is 0 Å². The van der Waals surface area contributed by atoms with Crippen LogP contribution >= 0.6 is 0 Å². The maximum Gasteiger partial charge on any atom is 0.328 e. The van der Waals surface area contributed by atoms with E-state index in [0.29, 0.717) is 13.0 Å². The van der Waals surface area contributed by atoms with Gasteiger partial charge in [-0.25, -0.2) is 4.79 Å². The van der Waals surface area contributed by atoms with E-state index in [0.717, 1.165) is 6.42 Å². The molecule has 90 valence electrons. The van der Waals surface area contributed by atoms with Crippen LogP contribution in [0.3, 0.4) is 0 Å². The molecule has 0 atom stereocenters. The number of hydrogen-bond acceptors (Lipinski definition) is 3. The Bertz CT molecular complexity index is 325. The zero-order valence-corrected chi connectivity index (χ0v) is 9.45. The molecule has 2 amide bonds. The first-order chi connectivity index (χ1) is 7.33. The van der Waals surface area contributed by atoms with Gasteiger partial charge in [-0.2, -0.15) is 0 Å². The lowest BCUT2D eigenvalue weighted by atomic mass is 10.1. The molecular weight excluding hydrogens is 212 g/mol.